The van der Waals surface area contributed by atoms with Crippen LogP contribution in [0.4, 0.5) is 0 Å². The van der Waals surface area contributed by atoms with E-state index in [1.165, 1.54) is 52.7 Å². The molecule has 0 amide bonds. The SMILES string of the molecule is COP(=O)(CC12CC3CC(CC(C3)C1)C2)OC. The lowest BCUT2D eigenvalue weighted by Gasteiger charge is -2.57. The van der Waals surface area contributed by atoms with Gasteiger partial charge in [-0.3, -0.25) is 4.57 Å². The fraction of sp³-hybridized carbons (Fsp3) is 1.00. The second-order valence-corrected chi connectivity index (χ2v) is 8.82. The molecule has 0 spiro atoms. The van der Waals surface area contributed by atoms with Gasteiger partial charge in [-0.05, 0) is 61.7 Å². The van der Waals surface area contributed by atoms with Gasteiger partial charge in [0.2, 0.25) is 0 Å². The van der Waals surface area contributed by atoms with Crippen LogP contribution in [0.15, 0.2) is 0 Å². The molecular formula is C13H23O3P. The largest absolute Gasteiger partial charge is 0.330 e. The van der Waals surface area contributed by atoms with E-state index < -0.39 is 7.60 Å². The second-order valence-electron chi connectivity index (χ2n) is 6.55. The van der Waals surface area contributed by atoms with Crippen molar-refractivity contribution in [3.63, 3.8) is 0 Å². The highest BCUT2D eigenvalue weighted by atomic mass is 31.2. The maximum atomic E-state index is 12.4. The lowest BCUT2D eigenvalue weighted by Crippen LogP contribution is -2.47. The van der Waals surface area contributed by atoms with E-state index in [1.807, 2.05) is 0 Å². The van der Waals surface area contributed by atoms with Crippen LogP contribution in [-0.4, -0.2) is 20.4 Å². The summed E-state index contributed by atoms with van der Waals surface area (Å²) in [5.74, 6) is 2.68. The minimum atomic E-state index is -2.83. The standard InChI is InChI=1S/C13H23O3P/c1-15-17(14,16-2)9-13-6-10-3-11(7-13)5-12(4-10)8-13/h10-12H,3-9H2,1-2H3. The maximum Gasteiger partial charge on any atom is 0.330 e. The molecule has 17 heavy (non-hydrogen) atoms. The van der Waals surface area contributed by atoms with Crippen molar-refractivity contribution in [2.24, 2.45) is 23.2 Å². The van der Waals surface area contributed by atoms with Crippen molar-refractivity contribution >= 4 is 7.60 Å². The van der Waals surface area contributed by atoms with Gasteiger partial charge >= 0.3 is 7.60 Å². The van der Waals surface area contributed by atoms with Crippen molar-refractivity contribution in [1.82, 2.24) is 0 Å². The number of rotatable bonds is 4. The minimum Gasteiger partial charge on any atom is -0.312 e. The molecule has 4 aliphatic rings. The van der Waals surface area contributed by atoms with Gasteiger partial charge in [-0.15, -0.1) is 0 Å². The van der Waals surface area contributed by atoms with Gasteiger partial charge in [0.25, 0.3) is 0 Å². The summed E-state index contributed by atoms with van der Waals surface area (Å²) in [6.45, 7) is 0. The highest BCUT2D eigenvalue weighted by Crippen LogP contribution is 2.65. The van der Waals surface area contributed by atoms with Gasteiger partial charge in [-0.1, -0.05) is 0 Å². The summed E-state index contributed by atoms with van der Waals surface area (Å²) < 4.78 is 22.7. The molecule has 4 aliphatic carbocycles. The third kappa shape index (κ3) is 2.11. The van der Waals surface area contributed by atoms with Crippen molar-refractivity contribution < 1.29 is 13.6 Å². The number of hydrogen-bond donors (Lipinski definition) is 0. The highest BCUT2D eigenvalue weighted by molar-refractivity contribution is 7.53. The Morgan fingerprint density at radius 1 is 1.00 bits per heavy atom. The van der Waals surface area contributed by atoms with Crippen molar-refractivity contribution in [3.05, 3.63) is 0 Å². The minimum absolute atomic E-state index is 0.274. The summed E-state index contributed by atoms with van der Waals surface area (Å²) >= 11 is 0. The van der Waals surface area contributed by atoms with E-state index in [1.54, 1.807) is 0 Å². The molecule has 0 aromatic carbocycles. The average molecular weight is 258 g/mol. The first-order valence-electron chi connectivity index (χ1n) is 6.77. The van der Waals surface area contributed by atoms with E-state index in [2.05, 4.69) is 0 Å². The Labute approximate surface area is 104 Å². The van der Waals surface area contributed by atoms with Crippen molar-refractivity contribution in [1.29, 1.82) is 0 Å². The third-order valence-corrected chi connectivity index (χ3v) is 7.42. The lowest BCUT2D eigenvalue weighted by atomic mass is 9.50. The summed E-state index contributed by atoms with van der Waals surface area (Å²) in [4.78, 5) is 0. The maximum absolute atomic E-state index is 12.4. The Bertz CT molecular complexity index is 309. The molecule has 0 N–H and O–H groups in total. The van der Waals surface area contributed by atoms with E-state index >= 15 is 0 Å². The van der Waals surface area contributed by atoms with E-state index in [-0.39, 0.29) is 5.41 Å². The molecule has 0 heterocycles. The van der Waals surface area contributed by atoms with Gasteiger partial charge in [0.15, 0.2) is 0 Å². The first kappa shape index (κ1) is 12.2. The molecule has 3 nitrogen and oxygen atoms in total. The highest BCUT2D eigenvalue weighted by Gasteiger charge is 2.53. The molecule has 0 unspecified atom stereocenters. The molecule has 0 aliphatic heterocycles. The first-order valence-corrected chi connectivity index (χ1v) is 8.50. The molecule has 98 valence electrons. The van der Waals surface area contributed by atoms with E-state index in [4.69, 9.17) is 9.05 Å². The monoisotopic (exact) mass is 258 g/mol. The molecule has 0 saturated heterocycles. The zero-order valence-electron chi connectivity index (χ0n) is 10.9. The topological polar surface area (TPSA) is 35.5 Å². The zero-order valence-corrected chi connectivity index (χ0v) is 11.7. The van der Waals surface area contributed by atoms with Crippen molar-refractivity contribution in [3.8, 4) is 0 Å². The molecule has 0 atom stereocenters. The van der Waals surface area contributed by atoms with Crippen LogP contribution in [0.25, 0.3) is 0 Å². The van der Waals surface area contributed by atoms with Crippen LogP contribution < -0.4 is 0 Å². The van der Waals surface area contributed by atoms with Crippen LogP contribution in [-0.2, 0) is 13.6 Å². The van der Waals surface area contributed by atoms with E-state index in [0.717, 1.165) is 17.8 Å². The van der Waals surface area contributed by atoms with Gasteiger partial charge < -0.3 is 9.05 Å². The molecule has 4 rings (SSSR count). The lowest BCUT2D eigenvalue weighted by molar-refractivity contribution is -0.0416. The smallest absolute Gasteiger partial charge is 0.312 e. The first-order chi connectivity index (χ1) is 8.06. The Morgan fingerprint density at radius 2 is 1.41 bits per heavy atom. The Balaban J connectivity index is 1.80. The van der Waals surface area contributed by atoms with Crippen LogP contribution in [0.3, 0.4) is 0 Å². The normalized spacial score (nSPS) is 44.2. The van der Waals surface area contributed by atoms with Crippen LogP contribution >= 0.6 is 7.60 Å². The Hall–Kier alpha value is 0.150. The summed E-state index contributed by atoms with van der Waals surface area (Å²) in [7, 11) is 0.207. The summed E-state index contributed by atoms with van der Waals surface area (Å²) in [5, 5.41) is 0. The number of hydrogen-bond acceptors (Lipinski definition) is 3. The van der Waals surface area contributed by atoms with Crippen LogP contribution in [0, 0.1) is 23.2 Å². The van der Waals surface area contributed by atoms with Gasteiger partial charge in [0, 0.05) is 14.2 Å². The summed E-state index contributed by atoms with van der Waals surface area (Å²) in [6, 6.07) is 0. The van der Waals surface area contributed by atoms with Gasteiger partial charge in [0.1, 0.15) is 0 Å². The predicted octanol–water partition coefficient (Wildman–Crippen LogP) is 3.69. The molecule has 4 heteroatoms. The van der Waals surface area contributed by atoms with Crippen LogP contribution in [0.1, 0.15) is 38.5 Å². The fourth-order valence-corrected chi connectivity index (χ4v) is 6.71. The second kappa shape index (κ2) is 4.08. The van der Waals surface area contributed by atoms with E-state index in [9.17, 15) is 4.57 Å². The summed E-state index contributed by atoms with van der Waals surface area (Å²) in [6.07, 6.45) is 8.69. The van der Waals surface area contributed by atoms with Crippen LogP contribution in [0.2, 0.25) is 0 Å². The average Bonchev–Trinajstić information content (AvgIpc) is 2.26. The van der Waals surface area contributed by atoms with Crippen molar-refractivity contribution in [2.45, 2.75) is 38.5 Å². The molecular weight excluding hydrogens is 235 g/mol. The van der Waals surface area contributed by atoms with Gasteiger partial charge in [0.05, 0.1) is 6.16 Å². The molecule has 4 bridgehead atoms. The third-order valence-electron chi connectivity index (χ3n) is 5.25. The zero-order chi connectivity index (χ0) is 12.1. The fourth-order valence-electron chi connectivity index (χ4n) is 5.10. The van der Waals surface area contributed by atoms with E-state index in [0.29, 0.717) is 6.16 Å². The molecule has 0 aromatic rings. The molecule has 4 saturated carbocycles. The van der Waals surface area contributed by atoms with Gasteiger partial charge in [-0.2, -0.15) is 0 Å². The molecule has 4 fully saturated rings. The quantitative estimate of drug-likeness (QED) is 0.721. The molecule has 0 aromatic heterocycles. The van der Waals surface area contributed by atoms with Crippen molar-refractivity contribution in [2.75, 3.05) is 20.4 Å². The predicted molar refractivity (Wildman–Crippen MR) is 67.1 cm³/mol. The molecule has 0 radical (unpaired) electrons. The summed E-state index contributed by atoms with van der Waals surface area (Å²) in [5.41, 5.74) is 0.274. The van der Waals surface area contributed by atoms with Crippen LogP contribution in [0.5, 0.6) is 0 Å². The van der Waals surface area contributed by atoms with Gasteiger partial charge in [-0.25, -0.2) is 0 Å². The Kier molecular flexibility index (Phi) is 2.93. The Morgan fingerprint density at radius 3 is 1.76 bits per heavy atom.